The molecule has 3 heteroatoms. The van der Waals surface area contributed by atoms with Crippen molar-refractivity contribution in [3.63, 3.8) is 0 Å². The zero-order valence-corrected chi connectivity index (χ0v) is 8.32. The van der Waals surface area contributed by atoms with Crippen LogP contribution in [0.3, 0.4) is 0 Å². The predicted molar refractivity (Wildman–Crippen MR) is 60.0 cm³/mol. The maximum Gasteiger partial charge on any atom is 0.161 e. The van der Waals surface area contributed by atoms with E-state index in [-0.39, 0.29) is 11.5 Å². The quantitative estimate of drug-likeness (QED) is 0.549. The van der Waals surface area contributed by atoms with Crippen molar-refractivity contribution in [3.8, 4) is 5.75 Å². The van der Waals surface area contributed by atoms with Crippen LogP contribution in [0.15, 0.2) is 30.3 Å². The average Bonchev–Trinajstić information content (AvgIpc) is 2.19. The van der Waals surface area contributed by atoms with Crippen molar-refractivity contribution in [1.29, 1.82) is 0 Å². The molecule has 0 unspecified atom stereocenters. The van der Waals surface area contributed by atoms with Crippen molar-refractivity contribution >= 4 is 22.2 Å². The fourth-order valence-corrected chi connectivity index (χ4v) is 1.64. The van der Waals surface area contributed by atoms with Crippen molar-refractivity contribution < 1.29 is 9.90 Å². The number of rotatable bonds is 1. The third-order valence-corrected chi connectivity index (χ3v) is 2.43. The van der Waals surface area contributed by atoms with Gasteiger partial charge in [-0.25, -0.2) is 0 Å². The van der Waals surface area contributed by atoms with E-state index in [2.05, 4.69) is 0 Å². The minimum Gasteiger partial charge on any atom is -0.508 e. The molecule has 0 saturated carbocycles. The third kappa shape index (κ3) is 1.52. The van der Waals surface area contributed by atoms with E-state index >= 15 is 0 Å². The number of nitrogens with two attached hydrogens (primary N) is 1. The van der Waals surface area contributed by atoms with Crippen LogP contribution in [0.25, 0.3) is 10.8 Å². The topological polar surface area (TPSA) is 63.3 Å². The van der Waals surface area contributed by atoms with Gasteiger partial charge in [0.2, 0.25) is 0 Å². The molecular formula is C12H11NO2. The molecule has 0 aromatic heterocycles. The smallest absolute Gasteiger partial charge is 0.161 e. The minimum absolute atomic E-state index is 0.0715. The second-order valence-corrected chi connectivity index (χ2v) is 3.49. The van der Waals surface area contributed by atoms with Crippen LogP contribution < -0.4 is 5.73 Å². The second kappa shape index (κ2) is 3.28. The van der Waals surface area contributed by atoms with Gasteiger partial charge in [-0.2, -0.15) is 0 Å². The summed E-state index contributed by atoms with van der Waals surface area (Å²) in [6.07, 6.45) is 0. The van der Waals surface area contributed by atoms with Gasteiger partial charge in [0.15, 0.2) is 5.78 Å². The molecule has 0 atom stereocenters. The van der Waals surface area contributed by atoms with E-state index in [4.69, 9.17) is 5.73 Å². The molecule has 0 spiro atoms. The zero-order valence-electron chi connectivity index (χ0n) is 8.32. The lowest BCUT2D eigenvalue weighted by atomic mass is 10.0. The van der Waals surface area contributed by atoms with E-state index in [1.165, 1.54) is 6.92 Å². The molecule has 76 valence electrons. The van der Waals surface area contributed by atoms with Crippen LogP contribution in [0.5, 0.6) is 5.75 Å². The fourth-order valence-electron chi connectivity index (χ4n) is 1.64. The predicted octanol–water partition coefficient (Wildman–Crippen LogP) is 2.33. The Morgan fingerprint density at radius 2 is 1.93 bits per heavy atom. The summed E-state index contributed by atoms with van der Waals surface area (Å²) in [6, 6.07) is 8.45. The van der Waals surface area contributed by atoms with Crippen molar-refractivity contribution in [2.75, 3.05) is 5.73 Å². The number of benzene rings is 2. The third-order valence-electron chi connectivity index (χ3n) is 2.43. The van der Waals surface area contributed by atoms with Crippen LogP contribution in [-0.4, -0.2) is 10.9 Å². The number of carbonyl (C=O) groups is 1. The number of phenols is 1. The number of nitrogen functional groups attached to an aromatic ring is 1. The van der Waals surface area contributed by atoms with Gasteiger partial charge in [-0.15, -0.1) is 0 Å². The highest BCUT2D eigenvalue weighted by molar-refractivity contribution is 6.07. The van der Waals surface area contributed by atoms with E-state index in [1.807, 2.05) is 6.07 Å². The SMILES string of the molecule is CC(=O)c1ccc2ccc(O)cc2c1N. The average molecular weight is 201 g/mol. The largest absolute Gasteiger partial charge is 0.508 e. The summed E-state index contributed by atoms with van der Waals surface area (Å²) in [6.45, 7) is 1.47. The fraction of sp³-hybridized carbons (Fsp3) is 0.0833. The van der Waals surface area contributed by atoms with Crippen molar-refractivity contribution in [2.24, 2.45) is 0 Å². The summed E-state index contributed by atoms with van der Waals surface area (Å²) >= 11 is 0. The van der Waals surface area contributed by atoms with Gasteiger partial charge in [-0.1, -0.05) is 12.1 Å². The maximum absolute atomic E-state index is 11.3. The van der Waals surface area contributed by atoms with Gasteiger partial charge in [-0.3, -0.25) is 4.79 Å². The summed E-state index contributed by atoms with van der Waals surface area (Å²) in [7, 11) is 0. The van der Waals surface area contributed by atoms with Gasteiger partial charge in [0.25, 0.3) is 0 Å². The standard InChI is InChI=1S/C12H11NO2/c1-7(14)10-5-3-8-2-4-9(15)6-11(8)12(10)13/h2-6,15H,13H2,1H3. The van der Waals surface area contributed by atoms with Gasteiger partial charge in [0.1, 0.15) is 5.75 Å². The van der Waals surface area contributed by atoms with Crippen molar-refractivity contribution in [1.82, 2.24) is 0 Å². The first-order valence-corrected chi connectivity index (χ1v) is 4.62. The van der Waals surface area contributed by atoms with E-state index in [1.54, 1.807) is 24.3 Å². The minimum atomic E-state index is -0.0715. The molecule has 3 N–H and O–H groups in total. The second-order valence-electron chi connectivity index (χ2n) is 3.49. The number of phenolic OH excluding ortho intramolecular Hbond substituents is 1. The lowest BCUT2D eigenvalue weighted by Crippen LogP contribution is -1.99. The summed E-state index contributed by atoms with van der Waals surface area (Å²) in [5.41, 5.74) is 6.78. The molecule has 0 aliphatic rings. The first-order valence-electron chi connectivity index (χ1n) is 4.62. The molecule has 0 bridgehead atoms. The Labute approximate surface area is 87.1 Å². The lowest BCUT2D eigenvalue weighted by molar-refractivity contribution is 0.101. The Kier molecular flexibility index (Phi) is 2.08. The number of ketones is 1. The Morgan fingerprint density at radius 3 is 2.60 bits per heavy atom. The van der Waals surface area contributed by atoms with Crippen LogP contribution in [0.1, 0.15) is 17.3 Å². The summed E-state index contributed by atoms with van der Waals surface area (Å²) in [5.74, 6) is 0.0765. The first-order chi connectivity index (χ1) is 7.09. The van der Waals surface area contributed by atoms with Crippen molar-refractivity contribution in [3.05, 3.63) is 35.9 Å². The van der Waals surface area contributed by atoms with Crippen molar-refractivity contribution in [2.45, 2.75) is 6.92 Å². The molecule has 2 rings (SSSR count). The molecule has 3 nitrogen and oxygen atoms in total. The Bertz CT molecular complexity index is 547. The number of hydrogen-bond acceptors (Lipinski definition) is 3. The summed E-state index contributed by atoms with van der Waals surface area (Å²) in [5, 5.41) is 11.0. The summed E-state index contributed by atoms with van der Waals surface area (Å²) in [4.78, 5) is 11.3. The Hall–Kier alpha value is -2.03. The molecule has 0 saturated heterocycles. The Morgan fingerprint density at radius 1 is 1.27 bits per heavy atom. The normalized spacial score (nSPS) is 10.5. The van der Waals surface area contributed by atoms with Crippen LogP contribution >= 0.6 is 0 Å². The molecular weight excluding hydrogens is 190 g/mol. The van der Waals surface area contributed by atoms with Gasteiger partial charge in [0, 0.05) is 10.9 Å². The number of anilines is 1. The van der Waals surface area contributed by atoms with Gasteiger partial charge < -0.3 is 10.8 Å². The molecule has 2 aromatic carbocycles. The van der Waals surface area contributed by atoms with Crippen LogP contribution in [0.2, 0.25) is 0 Å². The summed E-state index contributed by atoms with van der Waals surface area (Å²) < 4.78 is 0. The number of carbonyl (C=O) groups excluding carboxylic acids is 1. The molecule has 0 heterocycles. The van der Waals surface area contributed by atoms with Crippen LogP contribution in [0.4, 0.5) is 5.69 Å². The highest BCUT2D eigenvalue weighted by atomic mass is 16.3. The van der Waals surface area contributed by atoms with Crippen LogP contribution in [0, 0.1) is 0 Å². The molecule has 0 aliphatic carbocycles. The molecule has 0 radical (unpaired) electrons. The molecule has 0 fully saturated rings. The first kappa shape index (κ1) is 9.52. The number of fused-ring (bicyclic) bond motifs is 1. The van der Waals surface area contributed by atoms with Gasteiger partial charge in [0.05, 0.1) is 5.69 Å². The molecule has 0 amide bonds. The number of hydrogen-bond donors (Lipinski definition) is 2. The van der Waals surface area contributed by atoms with Gasteiger partial charge >= 0.3 is 0 Å². The van der Waals surface area contributed by atoms with E-state index < -0.39 is 0 Å². The van der Waals surface area contributed by atoms with Gasteiger partial charge in [-0.05, 0) is 30.5 Å². The highest BCUT2D eigenvalue weighted by Crippen LogP contribution is 2.28. The van der Waals surface area contributed by atoms with E-state index in [0.29, 0.717) is 16.6 Å². The number of aromatic hydroxyl groups is 1. The van der Waals surface area contributed by atoms with E-state index in [9.17, 15) is 9.90 Å². The highest BCUT2D eigenvalue weighted by Gasteiger charge is 2.08. The Balaban J connectivity index is 2.82. The van der Waals surface area contributed by atoms with E-state index in [0.717, 1.165) is 5.39 Å². The zero-order chi connectivity index (χ0) is 11.0. The molecule has 0 aliphatic heterocycles. The molecule has 15 heavy (non-hydrogen) atoms. The number of Topliss-reactive ketones (excluding diaryl/α,β-unsaturated/α-hetero) is 1. The molecule has 2 aromatic rings. The monoisotopic (exact) mass is 201 g/mol. The van der Waals surface area contributed by atoms with Crippen LogP contribution in [-0.2, 0) is 0 Å². The lowest BCUT2D eigenvalue weighted by Gasteiger charge is -2.06. The maximum atomic E-state index is 11.3.